The van der Waals surface area contributed by atoms with Gasteiger partial charge in [-0.1, -0.05) is 17.2 Å². The Morgan fingerprint density at radius 1 is 1.19 bits per heavy atom. The Labute approximate surface area is 88.9 Å². The monoisotopic (exact) mass is 218 g/mol. The summed E-state index contributed by atoms with van der Waals surface area (Å²) in [5, 5.41) is 17.2. The fourth-order valence-corrected chi connectivity index (χ4v) is 1.29. The van der Waals surface area contributed by atoms with Gasteiger partial charge in [0, 0.05) is 0 Å². The molecular formula is C9H6N4O3. The van der Waals surface area contributed by atoms with Gasteiger partial charge in [0.15, 0.2) is 5.58 Å². The molecule has 3 aromatic rings. The first-order chi connectivity index (χ1) is 7.84. The van der Waals surface area contributed by atoms with Gasteiger partial charge in [-0.15, -0.1) is 10.2 Å². The minimum absolute atomic E-state index is 0.0227. The molecule has 0 spiro atoms. The smallest absolute Gasteiger partial charge is 0.351 e. The van der Waals surface area contributed by atoms with E-state index in [1.54, 1.807) is 12.1 Å². The van der Waals surface area contributed by atoms with Gasteiger partial charge in [0.2, 0.25) is 6.39 Å². The van der Waals surface area contributed by atoms with Gasteiger partial charge in [0.1, 0.15) is 5.52 Å². The maximum absolute atomic E-state index is 9.66. The van der Waals surface area contributed by atoms with Crippen molar-refractivity contribution in [2.75, 3.05) is 5.06 Å². The highest BCUT2D eigenvalue weighted by Gasteiger charge is 2.17. The second kappa shape index (κ2) is 3.31. The van der Waals surface area contributed by atoms with E-state index in [0.29, 0.717) is 16.2 Å². The molecule has 1 N–H and O–H groups in total. The second-order valence-corrected chi connectivity index (χ2v) is 3.00. The average molecular weight is 218 g/mol. The maximum Gasteiger partial charge on any atom is 0.351 e. The van der Waals surface area contributed by atoms with Crippen LogP contribution in [0.15, 0.2) is 39.5 Å². The van der Waals surface area contributed by atoms with Crippen LogP contribution in [0.25, 0.3) is 11.1 Å². The first kappa shape index (κ1) is 8.86. The third-order valence-electron chi connectivity index (χ3n) is 1.99. The predicted octanol–water partition coefficient (Wildman–Crippen LogP) is 1.74. The van der Waals surface area contributed by atoms with E-state index in [1.807, 2.05) is 12.1 Å². The van der Waals surface area contributed by atoms with E-state index in [2.05, 4.69) is 15.2 Å². The van der Waals surface area contributed by atoms with Gasteiger partial charge in [-0.05, 0) is 12.1 Å². The number of hydrogen-bond acceptors (Lipinski definition) is 7. The van der Waals surface area contributed by atoms with Gasteiger partial charge < -0.3 is 8.83 Å². The van der Waals surface area contributed by atoms with Gasteiger partial charge in [-0.3, -0.25) is 5.21 Å². The first-order valence-electron chi connectivity index (χ1n) is 4.45. The summed E-state index contributed by atoms with van der Waals surface area (Å²) in [6.45, 7) is 0. The van der Waals surface area contributed by atoms with E-state index in [4.69, 9.17) is 8.83 Å². The minimum atomic E-state index is -0.105. The summed E-state index contributed by atoms with van der Waals surface area (Å²) in [7, 11) is 0. The standard InChI is InChI=1S/C9H6N4O3/c14-13(9-12-10-5-15-9)8-11-6-3-1-2-4-7(6)16-8/h1-5,14H. The van der Waals surface area contributed by atoms with Crippen molar-refractivity contribution in [1.82, 2.24) is 15.2 Å². The van der Waals surface area contributed by atoms with Crippen molar-refractivity contribution >= 4 is 23.1 Å². The van der Waals surface area contributed by atoms with Crippen LogP contribution in [0.1, 0.15) is 0 Å². The molecule has 16 heavy (non-hydrogen) atoms. The Bertz CT molecular complexity index is 571. The summed E-state index contributed by atoms with van der Waals surface area (Å²) < 4.78 is 10.1. The summed E-state index contributed by atoms with van der Waals surface area (Å²) in [5.41, 5.74) is 1.20. The molecule has 0 aliphatic rings. The molecule has 0 aliphatic carbocycles. The molecule has 0 amide bonds. The number of rotatable bonds is 2. The van der Waals surface area contributed by atoms with Crippen LogP contribution in [0.3, 0.4) is 0 Å². The number of oxazole rings is 1. The molecule has 0 saturated carbocycles. The minimum Gasteiger partial charge on any atom is -0.422 e. The zero-order chi connectivity index (χ0) is 11.0. The lowest BCUT2D eigenvalue weighted by Gasteiger charge is -2.03. The molecule has 0 bridgehead atoms. The molecule has 80 valence electrons. The molecule has 0 radical (unpaired) electrons. The number of fused-ring (bicyclic) bond motifs is 1. The Morgan fingerprint density at radius 2 is 2.06 bits per heavy atom. The fourth-order valence-electron chi connectivity index (χ4n) is 1.29. The van der Waals surface area contributed by atoms with Crippen molar-refractivity contribution in [2.45, 2.75) is 0 Å². The normalized spacial score (nSPS) is 10.8. The fraction of sp³-hybridized carbons (Fsp3) is 0. The highest BCUT2D eigenvalue weighted by atomic mass is 16.6. The van der Waals surface area contributed by atoms with Gasteiger partial charge in [-0.2, -0.15) is 4.98 Å². The van der Waals surface area contributed by atoms with E-state index in [9.17, 15) is 5.21 Å². The molecule has 1 aromatic carbocycles. The van der Waals surface area contributed by atoms with Gasteiger partial charge in [0.25, 0.3) is 0 Å². The van der Waals surface area contributed by atoms with Crippen LogP contribution in [-0.4, -0.2) is 20.4 Å². The number of nitrogens with zero attached hydrogens (tertiary/aromatic N) is 4. The van der Waals surface area contributed by atoms with Gasteiger partial charge in [0.05, 0.1) is 0 Å². The van der Waals surface area contributed by atoms with Crippen LogP contribution in [-0.2, 0) is 0 Å². The lowest BCUT2D eigenvalue weighted by Crippen LogP contribution is -2.11. The van der Waals surface area contributed by atoms with E-state index in [0.717, 1.165) is 6.39 Å². The van der Waals surface area contributed by atoms with E-state index in [1.165, 1.54) is 0 Å². The SMILES string of the molecule is ON(c1nnco1)c1nc2ccccc2o1. The molecule has 3 rings (SSSR count). The van der Waals surface area contributed by atoms with Crippen LogP contribution in [0.2, 0.25) is 0 Å². The van der Waals surface area contributed by atoms with Crippen molar-refractivity contribution in [3.05, 3.63) is 30.7 Å². The molecule has 2 aromatic heterocycles. The Morgan fingerprint density at radius 3 is 2.81 bits per heavy atom. The average Bonchev–Trinajstić information content (AvgIpc) is 2.97. The van der Waals surface area contributed by atoms with E-state index < -0.39 is 0 Å². The predicted molar refractivity (Wildman–Crippen MR) is 52.2 cm³/mol. The van der Waals surface area contributed by atoms with E-state index >= 15 is 0 Å². The summed E-state index contributed by atoms with van der Waals surface area (Å²) in [6.07, 6.45) is 1.10. The largest absolute Gasteiger partial charge is 0.422 e. The van der Waals surface area contributed by atoms with Crippen molar-refractivity contribution < 1.29 is 14.0 Å². The highest BCUT2D eigenvalue weighted by Crippen LogP contribution is 2.24. The van der Waals surface area contributed by atoms with Crippen molar-refractivity contribution in [1.29, 1.82) is 0 Å². The summed E-state index contributed by atoms with van der Waals surface area (Å²) in [4.78, 5) is 4.05. The zero-order valence-electron chi connectivity index (χ0n) is 7.94. The molecule has 0 fully saturated rings. The van der Waals surface area contributed by atoms with E-state index in [-0.39, 0.29) is 12.0 Å². The molecule has 2 heterocycles. The van der Waals surface area contributed by atoms with Crippen LogP contribution >= 0.6 is 0 Å². The molecule has 7 nitrogen and oxygen atoms in total. The maximum atomic E-state index is 9.66. The molecule has 0 aliphatic heterocycles. The summed E-state index contributed by atoms with van der Waals surface area (Å²) in [6, 6.07) is 7.02. The van der Waals surface area contributed by atoms with Crippen LogP contribution in [0.5, 0.6) is 0 Å². The topological polar surface area (TPSA) is 88.4 Å². The Hall–Kier alpha value is -2.41. The number of anilines is 2. The number of benzene rings is 1. The molecule has 0 unspecified atom stereocenters. The molecule has 7 heteroatoms. The Kier molecular flexibility index (Phi) is 1.84. The van der Waals surface area contributed by atoms with Crippen molar-refractivity contribution in [3.8, 4) is 0 Å². The molecule has 0 atom stereocenters. The third-order valence-corrected chi connectivity index (χ3v) is 1.99. The third kappa shape index (κ3) is 1.30. The summed E-state index contributed by atoms with van der Waals surface area (Å²) in [5.74, 6) is 0. The van der Waals surface area contributed by atoms with Crippen LogP contribution in [0.4, 0.5) is 12.0 Å². The quantitative estimate of drug-likeness (QED) is 0.655. The Balaban J connectivity index is 2.06. The van der Waals surface area contributed by atoms with Crippen molar-refractivity contribution in [2.24, 2.45) is 0 Å². The van der Waals surface area contributed by atoms with Crippen molar-refractivity contribution in [3.63, 3.8) is 0 Å². The van der Waals surface area contributed by atoms with Gasteiger partial charge in [-0.25, -0.2) is 0 Å². The number of hydrogen-bond donors (Lipinski definition) is 1. The first-order valence-corrected chi connectivity index (χ1v) is 4.45. The molecular weight excluding hydrogens is 212 g/mol. The molecule has 0 saturated heterocycles. The van der Waals surface area contributed by atoms with Crippen LogP contribution in [0, 0.1) is 0 Å². The summed E-state index contributed by atoms with van der Waals surface area (Å²) >= 11 is 0. The van der Waals surface area contributed by atoms with Crippen LogP contribution < -0.4 is 5.06 Å². The lowest BCUT2D eigenvalue weighted by atomic mass is 10.3. The zero-order valence-corrected chi connectivity index (χ0v) is 7.94. The number of para-hydroxylation sites is 2. The second-order valence-electron chi connectivity index (χ2n) is 3.00. The highest BCUT2D eigenvalue weighted by molar-refractivity contribution is 5.74. The number of aromatic nitrogens is 3. The lowest BCUT2D eigenvalue weighted by molar-refractivity contribution is 0.250. The van der Waals surface area contributed by atoms with Gasteiger partial charge >= 0.3 is 12.0 Å².